The molecule has 0 atom stereocenters. The summed E-state index contributed by atoms with van der Waals surface area (Å²) in [5.41, 5.74) is 4.93. The highest BCUT2D eigenvalue weighted by Gasteiger charge is 2.19. The monoisotopic (exact) mass is 420 g/mol. The maximum atomic E-state index is 12.9. The molecule has 6 nitrogen and oxygen atoms in total. The van der Waals surface area contributed by atoms with Crippen LogP contribution in [0.25, 0.3) is 11.4 Å². The molecule has 0 aliphatic carbocycles. The van der Waals surface area contributed by atoms with Gasteiger partial charge >= 0.3 is 0 Å². The summed E-state index contributed by atoms with van der Waals surface area (Å²) in [7, 11) is 1.93. The Morgan fingerprint density at radius 2 is 1.90 bits per heavy atom. The van der Waals surface area contributed by atoms with Crippen LogP contribution in [0.5, 0.6) is 0 Å². The smallest absolute Gasteiger partial charge is 0.191 e. The van der Waals surface area contributed by atoms with Crippen LogP contribution in [-0.4, -0.2) is 30.9 Å². The van der Waals surface area contributed by atoms with Crippen LogP contribution in [0.15, 0.2) is 58.3 Å². The van der Waals surface area contributed by atoms with Gasteiger partial charge in [0.15, 0.2) is 16.8 Å². The Kier molecular flexibility index (Phi) is 5.63. The first-order valence-corrected chi connectivity index (χ1v) is 10.7. The number of carbonyl (C=O) groups is 1. The second-order valence-corrected chi connectivity index (χ2v) is 8.28. The molecule has 0 fully saturated rings. The zero-order valence-corrected chi connectivity index (χ0v) is 18.4. The van der Waals surface area contributed by atoms with Crippen molar-refractivity contribution in [1.82, 2.24) is 19.3 Å². The molecule has 0 saturated carbocycles. The molecule has 30 heavy (non-hydrogen) atoms. The maximum Gasteiger partial charge on any atom is 0.191 e. The Bertz CT molecular complexity index is 1190. The molecule has 0 bridgehead atoms. The highest BCUT2D eigenvalue weighted by atomic mass is 32.2. The summed E-state index contributed by atoms with van der Waals surface area (Å²) in [6, 6.07) is 13.9. The third-order valence-corrected chi connectivity index (χ3v) is 6.34. The van der Waals surface area contributed by atoms with Crippen molar-refractivity contribution in [3.05, 3.63) is 77.0 Å². The molecule has 0 aliphatic rings. The number of rotatable bonds is 7. The van der Waals surface area contributed by atoms with Crippen molar-refractivity contribution in [3.8, 4) is 11.4 Å². The van der Waals surface area contributed by atoms with E-state index in [0.717, 1.165) is 44.8 Å². The Labute approximate surface area is 179 Å². The van der Waals surface area contributed by atoms with Gasteiger partial charge in [-0.1, -0.05) is 36.0 Å². The third kappa shape index (κ3) is 3.85. The number of nitrogens with zero attached hydrogens (tertiary/aromatic N) is 4. The van der Waals surface area contributed by atoms with E-state index in [9.17, 15) is 4.79 Å². The first-order chi connectivity index (χ1) is 14.5. The molecular weight excluding hydrogens is 396 g/mol. The molecule has 0 spiro atoms. The summed E-state index contributed by atoms with van der Waals surface area (Å²) in [6.07, 6.45) is 1.66. The molecular formula is C23H24N4O2S. The Morgan fingerprint density at radius 3 is 2.63 bits per heavy atom. The third-order valence-electron chi connectivity index (χ3n) is 5.32. The van der Waals surface area contributed by atoms with Gasteiger partial charge in [0.05, 0.1) is 18.6 Å². The fourth-order valence-corrected chi connectivity index (χ4v) is 4.39. The van der Waals surface area contributed by atoms with Crippen LogP contribution >= 0.6 is 11.8 Å². The van der Waals surface area contributed by atoms with Crippen LogP contribution in [-0.2, 0) is 13.6 Å². The molecule has 154 valence electrons. The molecule has 0 unspecified atom stereocenters. The van der Waals surface area contributed by atoms with Crippen LogP contribution in [0.3, 0.4) is 0 Å². The first-order valence-electron chi connectivity index (χ1n) is 9.76. The first kappa shape index (κ1) is 20.2. The largest absolute Gasteiger partial charge is 0.467 e. The predicted molar refractivity (Wildman–Crippen MR) is 118 cm³/mol. The van der Waals surface area contributed by atoms with Gasteiger partial charge in [-0.05, 0) is 44.5 Å². The minimum absolute atomic E-state index is 0.0826. The van der Waals surface area contributed by atoms with Crippen molar-refractivity contribution in [2.75, 3.05) is 5.75 Å². The molecule has 3 aromatic heterocycles. The highest BCUT2D eigenvalue weighted by molar-refractivity contribution is 7.99. The molecule has 0 aliphatic heterocycles. The lowest BCUT2D eigenvalue weighted by atomic mass is 10.1. The molecule has 0 radical (unpaired) electrons. The number of carbonyl (C=O) groups excluding carboxylic acids is 1. The van der Waals surface area contributed by atoms with Gasteiger partial charge < -0.3 is 13.6 Å². The second kappa shape index (κ2) is 8.36. The van der Waals surface area contributed by atoms with Crippen LogP contribution in [0.1, 0.15) is 33.1 Å². The summed E-state index contributed by atoms with van der Waals surface area (Å²) in [5, 5.41) is 9.37. The topological polar surface area (TPSA) is 65.8 Å². The van der Waals surface area contributed by atoms with Crippen molar-refractivity contribution in [2.45, 2.75) is 32.5 Å². The van der Waals surface area contributed by atoms with E-state index in [-0.39, 0.29) is 5.78 Å². The van der Waals surface area contributed by atoms with Crippen LogP contribution in [0, 0.1) is 20.8 Å². The fraction of sp³-hybridized carbons (Fsp3) is 0.261. The molecule has 0 amide bonds. The van der Waals surface area contributed by atoms with Gasteiger partial charge in [0.25, 0.3) is 0 Å². The molecule has 7 heteroatoms. The van der Waals surface area contributed by atoms with E-state index in [0.29, 0.717) is 12.3 Å². The molecule has 4 rings (SSSR count). The fourth-order valence-electron chi connectivity index (χ4n) is 3.59. The predicted octanol–water partition coefficient (Wildman–Crippen LogP) is 4.83. The Balaban J connectivity index is 1.49. The Morgan fingerprint density at radius 1 is 1.10 bits per heavy atom. The zero-order valence-electron chi connectivity index (χ0n) is 17.5. The van der Waals surface area contributed by atoms with Gasteiger partial charge in [0, 0.05) is 29.6 Å². The van der Waals surface area contributed by atoms with E-state index >= 15 is 0 Å². The summed E-state index contributed by atoms with van der Waals surface area (Å²) >= 11 is 1.41. The second-order valence-electron chi connectivity index (χ2n) is 7.34. The normalized spacial score (nSPS) is 11.2. The van der Waals surface area contributed by atoms with Crippen molar-refractivity contribution in [1.29, 1.82) is 0 Å². The average molecular weight is 421 g/mol. The number of thioether (sulfide) groups is 1. The van der Waals surface area contributed by atoms with Crippen molar-refractivity contribution in [2.24, 2.45) is 7.05 Å². The van der Waals surface area contributed by atoms with Gasteiger partial charge in [0.2, 0.25) is 0 Å². The van der Waals surface area contributed by atoms with Crippen LogP contribution in [0.2, 0.25) is 0 Å². The van der Waals surface area contributed by atoms with Gasteiger partial charge in [-0.2, -0.15) is 0 Å². The van der Waals surface area contributed by atoms with E-state index < -0.39 is 0 Å². The lowest BCUT2D eigenvalue weighted by molar-refractivity contribution is 0.102. The number of hydrogen-bond acceptors (Lipinski definition) is 5. The van der Waals surface area contributed by atoms with Crippen molar-refractivity contribution >= 4 is 17.5 Å². The van der Waals surface area contributed by atoms with Gasteiger partial charge in [-0.3, -0.25) is 4.79 Å². The molecule has 3 heterocycles. The molecule has 4 aromatic rings. The van der Waals surface area contributed by atoms with Gasteiger partial charge in [-0.15, -0.1) is 10.2 Å². The summed E-state index contributed by atoms with van der Waals surface area (Å²) < 4.78 is 9.51. The lowest BCUT2D eigenvalue weighted by Gasteiger charge is -2.08. The highest BCUT2D eigenvalue weighted by Crippen LogP contribution is 2.26. The quantitative estimate of drug-likeness (QED) is 0.317. The SMILES string of the molecule is Cc1ccccc1-c1nnc(SCC(=O)c2cc(C)n(Cc3ccco3)c2C)n1C. The van der Waals surface area contributed by atoms with Gasteiger partial charge in [-0.25, -0.2) is 0 Å². The number of furan rings is 1. The average Bonchev–Trinajstić information content (AvgIpc) is 3.44. The number of Topliss-reactive ketones (excluding diaryl/α,β-unsaturated/α-hetero) is 1. The van der Waals surface area contributed by atoms with Crippen molar-refractivity contribution < 1.29 is 9.21 Å². The van der Waals surface area contributed by atoms with E-state index in [1.165, 1.54) is 11.8 Å². The number of ketones is 1. The molecule has 0 saturated heterocycles. The van der Waals surface area contributed by atoms with E-state index in [2.05, 4.69) is 27.8 Å². The maximum absolute atomic E-state index is 12.9. The summed E-state index contributed by atoms with van der Waals surface area (Å²) in [6.45, 7) is 6.66. The minimum Gasteiger partial charge on any atom is -0.467 e. The number of benzene rings is 1. The molecule has 0 N–H and O–H groups in total. The van der Waals surface area contributed by atoms with E-state index in [1.807, 2.05) is 61.9 Å². The minimum atomic E-state index is 0.0826. The summed E-state index contributed by atoms with van der Waals surface area (Å²) in [4.78, 5) is 12.9. The number of aryl methyl sites for hydroxylation is 2. The van der Waals surface area contributed by atoms with Crippen LogP contribution < -0.4 is 0 Å². The van der Waals surface area contributed by atoms with E-state index in [1.54, 1.807) is 6.26 Å². The standard InChI is InChI=1S/C23H24N4O2S/c1-15-8-5-6-10-19(15)22-24-25-23(26(22)4)30-14-21(28)20-12-16(2)27(17(20)3)13-18-9-7-11-29-18/h5-12H,13-14H2,1-4H3. The van der Waals surface area contributed by atoms with Gasteiger partial charge in [0.1, 0.15) is 5.76 Å². The lowest BCUT2D eigenvalue weighted by Crippen LogP contribution is -2.08. The number of hydrogen-bond donors (Lipinski definition) is 0. The molecule has 1 aromatic carbocycles. The van der Waals surface area contributed by atoms with Crippen LogP contribution in [0.4, 0.5) is 0 Å². The Hall–Kier alpha value is -3.06. The van der Waals surface area contributed by atoms with E-state index in [4.69, 9.17) is 4.42 Å². The zero-order chi connectivity index (χ0) is 21.3. The number of aromatic nitrogens is 4. The summed E-state index contributed by atoms with van der Waals surface area (Å²) in [5.74, 6) is 2.07. The van der Waals surface area contributed by atoms with Crippen molar-refractivity contribution in [3.63, 3.8) is 0 Å².